The van der Waals surface area contributed by atoms with Gasteiger partial charge in [-0.05, 0) is 35.7 Å². The van der Waals surface area contributed by atoms with E-state index in [1.807, 2.05) is 23.1 Å². The Morgan fingerprint density at radius 3 is 2.31 bits per heavy atom. The Kier molecular flexibility index (Phi) is 6.24. The molecule has 7 nitrogen and oxygen atoms in total. The van der Waals surface area contributed by atoms with Crippen LogP contribution in [0, 0.1) is 11.3 Å². The van der Waals surface area contributed by atoms with E-state index in [4.69, 9.17) is 16.0 Å². The molecule has 2 heterocycles. The first-order valence-electron chi connectivity index (χ1n) is 10.3. The first-order chi connectivity index (χ1) is 15.3. The summed E-state index contributed by atoms with van der Waals surface area (Å²) in [6, 6.07) is 16.2. The van der Waals surface area contributed by atoms with Crippen molar-refractivity contribution in [3.63, 3.8) is 0 Å². The molecule has 3 aromatic rings. The lowest BCUT2D eigenvalue weighted by atomic mass is 10.0. The van der Waals surface area contributed by atoms with E-state index in [-0.39, 0.29) is 29.6 Å². The number of nitriles is 1. The summed E-state index contributed by atoms with van der Waals surface area (Å²) in [6.07, 6.45) is 0. The number of piperazine rings is 1. The summed E-state index contributed by atoms with van der Waals surface area (Å²) in [4.78, 5) is 6.42. The number of rotatable bonds is 5. The largest absolute Gasteiger partial charge is 0.419 e. The Hall–Kier alpha value is -2.86. The third kappa shape index (κ3) is 4.24. The maximum absolute atomic E-state index is 13.1. The predicted molar refractivity (Wildman–Crippen MR) is 123 cm³/mol. The van der Waals surface area contributed by atoms with E-state index in [2.05, 4.69) is 24.9 Å². The number of sulfonamides is 1. The molecule has 166 valence electrons. The van der Waals surface area contributed by atoms with E-state index in [0.29, 0.717) is 35.5 Å². The van der Waals surface area contributed by atoms with Crippen molar-refractivity contribution in [2.45, 2.75) is 24.7 Å². The van der Waals surface area contributed by atoms with Crippen LogP contribution in [0.3, 0.4) is 0 Å². The minimum absolute atomic E-state index is 0.153. The molecule has 0 amide bonds. The molecule has 1 fully saturated rings. The molecule has 1 aromatic heterocycles. The van der Waals surface area contributed by atoms with Crippen molar-refractivity contribution in [1.82, 2.24) is 9.29 Å². The van der Waals surface area contributed by atoms with Crippen molar-refractivity contribution < 1.29 is 12.8 Å². The summed E-state index contributed by atoms with van der Waals surface area (Å²) in [5, 5.41) is 10.0. The molecule has 0 unspecified atom stereocenters. The van der Waals surface area contributed by atoms with Gasteiger partial charge in [0.05, 0.1) is 15.5 Å². The van der Waals surface area contributed by atoms with E-state index >= 15 is 0 Å². The third-order valence-electron chi connectivity index (χ3n) is 5.53. The minimum Gasteiger partial charge on any atom is -0.419 e. The van der Waals surface area contributed by atoms with E-state index in [1.54, 1.807) is 30.3 Å². The molecule has 0 aliphatic carbocycles. The highest BCUT2D eigenvalue weighted by Crippen LogP contribution is 2.33. The molecule has 9 heteroatoms. The predicted octanol–water partition coefficient (Wildman–Crippen LogP) is 4.50. The average molecular weight is 471 g/mol. The second kappa shape index (κ2) is 8.94. The lowest BCUT2D eigenvalue weighted by molar-refractivity contribution is 0.374. The number of aromatic nitrogens is 1. The number of halogens is 1. The molecule has 0 bridgehead atoms. The summed E-state index contributed by atoms with van der Waals surface area (Å²) in [5.74, 6) is 0.936. The number of benzene rings is 2. The molecule has 1 saturated heterocycles. The topological polar surface area (TPSA) is 90.4 Å². The summed E-state index contributed by atoms with van der Waals surface area (Å²) >= 11 is 6.23. The maximum atomic E-state index is 13.1. The van der Waals surface area contributed by atoms with Gasteiger partial charge in [0, 0.05) is 26.2 Å². The van der Waals surface area contributed by atoms with Gasteiger partial charge in [0.25, 0.3) is 0 Å². The van der Waals surface area contributed by atoms with Crippen molar-refractivity contribution >= 4 is 27.5 Å². The SMILES string of the molecule is CC(C)c1ccc(S(=O)(=O)N2CCN(c3oc(-c4ccccc4Cl)nc3C#N)CC2)cc1. The Morgan fingerprint density at radius 2 is 1.72 bits per heavy atom. The fourth-order valence-corrected chi connectivity index (χ4v) is 5.29. The van der Waals surface area contributed by atoms with Gasteiger partial charge < -0.3 is 9.32 Å². The highest BCUT2D eigenvalue weighted by atomic mass is 35.5. The summed E-state index contributed by atoms with van der Waals surface area (Å²) in [5.41, 5.74) is 1.85. The number of hydrogen-bond acceptors (Lipinski definition) is 6. The Labute approximate surface area is 192 Å². The number of oxazole rings is 1. The quantitative estimate of drug-likeness (QED) is 0.545. The molecule has 4 rings (SSSR count). The molecule has 0 spiro atoms. The van der Waals surface area contributed by atoms with Crippen molar-refractivity contribution in [2.24, 2.45) is 0 Å². The highest BCUT2D eigenvalue weighted by Gasteiger charge is 2.31. The number of anilines is 1. The van der Waals surface area contributed by atoms with Crippen LogP contribution in [0.1, 0.15) is 31.0 Å². The van der Waals surface area contributed by atoms with Gasteiger partial charge in [0.2, 0.25) is 27.5 Å². The Bertz CT molecular complexity index is 1260. The zero-order valence-electron chi connectivity index (χ0n) is 17.8. The number of nitrogens with zero attached hydrogens (tertiary/aromatic N) is 4. The van der Waals surface area contributed by atoms with Gasteiger partial charge in [-0.2, -0.15) is 14.6 Å². The molecule has 2 aromatic carbocycles. The van der Waals surface area contributed by atoms with Crippen molar-refractivity contribution in [3.8, 4) is 17.5 Å². The van der Waals surface area contributed by atoms with Crippen LogP contribution in [0.5, 0.6) is 0 Å². The van der Waals surface area contributed by atoms with Crippen LogP contribution in [-0.4, -0.2) is 43.9 Å². The van der Waals surface area contributed by atoms with Crippen molar-refractivity contribution in [1.29, 1.82) is 5.26 Å². The molecule has 0 saturated carbocycles. The van der Waals surface area contributed by atoms with E-state index in [1.165, 1.54) is 4.31 Å². The molecular formula is C23H23ClN4O3S. The van der Waals surface area contributed by atoms with Crippen LogP contribution in [0.2, 0.25) is 5.02 Å². The Morgan fingerprint density at radius 1 is 1.06 bits per heavy atom. The van der Waals surface area contributed by atoms with Gasteiger partial charge in [-0.15, -0.1) is 0 Å². The van der Waals surface area contributed by atoms with Crippen LogP contribution < -0.4 is 4.90 Å². The van der Waals surface area contributed by atoms with E-state index in [0.717, 1.165) is 5.56 Å². The van der Waals surface area contributed by atoms with Gasteiger partial charge in [0.15, 0.2) is 0 Å². The fraction of sp³-hybridized carbons (Fsp3) is 0.304. The number of hydrogen-bond donors (Lipinski definition) is 0. The van der Waals surface area contributed by atoms with Crippen LogP contribution in [0.4, 0.5) is 5.88 Å². The van der Waals surface area contributed by atoms with Crippen molar-refractivity contribution in [2.75, 3.05) is 31.1 Å². The maximum Gasteiger partial charge on any atom is 0.243 e. The second-order valence-corrected chi connectivity index (χ2v) is 10.2. The van der Waals surface area contributed by atoms with Crippen molar-refractivity contribution in [3.05, 3.63) is 64.8 Å². The normalized spacial score (nSPS) is 15.2. The van der Waals surface area contributed by atoms with Crippen LogP contribution in [0.25, 0.3) is 11.5 Å². The van der Waals surface area contributed by atoms with E-state index < -0.39 is 10.0 Å². The summed E-state index contributed by atoms with van der Waals surface area (Å²) < 4.78 is 33.5. The molecular weight excluding hydrogens is 448 g/mol. The smallest absolute Gasteiger partial charge is 0.243 e. The lowest BCUT2D eigenvalue weighted by Gasteiger charge is -2.33. The third-order valence-corrected chi connectivity index (χ3v) is 7.77. The summed E-state index contributed by atoms with van der Waals surface area (Å²) in [7, 11) is -3.59. The monoisotopic (exact) mass is 470 g/mol. The minimum atomic E-state index is -3.59. The molecule has 0 radical (unpaired) electrons. The lowest BCUT2D eigenvalue weighted by Crippen LogP contribution is -2.48. The Balaban J connectivity index is 1.51. The van der Waals surface area contributed by atoms with Gasteiger partial charge >= 0.3 is 0 Å². The van der Waals surface area contributed by atoms with Crippen LogP contribution in [0.15, 0.2) is 57.8 Å². The standard InChI is InChI=1S/C23H23ClN4O3S/c1-16(2)17-7-9-18(10-8-17)32(29,30)28-13-11-27(12-14-28)23-21(15-25)26-22(31-23)19-5-3-4-6-20(19)24/h3-10,16H,11-14H2,1-2H3. The average Bonchev–Trinajstić information content (AvgIpc) is 3.24. The highest BCUT2D eigenvalue weighted by molar-refractivity contribution is 7.89. The van der Waals surface area contributed by atoms with Crippen LogP contribution >= 0.6 is 11.6 Å². The molecule has 32 heavy (non-hydrogen) atoms. The molecule has 0 atom stereocenters. The zero-order valence-corrected chi connectivity index (χ0v) is 19.4. The molecule has 1 aliphatic rings. The summed E-state index contributed by atoms with van der Waals surface area (Å²) in [6.45, 7) is 5.46. The molecule has 1 aliphatic heterocycles. The zero-order chi connectivity index (χ0) is 22.9. The first-order valence-corrected chi connectivity index (χ1v) is 12.1. The van der Waals surface area contributed by atoms with Gasteiger partial charge in [0.1, 0.15) is 6.07 Å². The van der Waals surface area contributed by atoms with Gasteiger partial charge in [-0.25, -0.2) is 8.42 Å². The first kappa shape index (κ1) is 22.3. The van der Waals surface area contributed by atoms with Gasteiger partial charge in [-0.1, -0.05) is 49.7 Å². The second-order valence-electron chi connectivity index (χ2n) is 7.88. The molecule has 0 N–H and O–H groups in total. The van der Waals surface area contributed by atoms with E-state index in [9.17, 15) is 13.7 Å². The van der Waals surface area contributed by atoms with Crippen LogP contribution in [-0.2, 0) is 10.0 Å². The fourth-order valence-electron chi connectivity index (χ4n) is 3.65. The van der Waals surface area contributed by atoms with Gasteiger partial charge in [-0.3, -0.25) is 0 Å².